The molecule has 9 heteroatoms. The van der Waals surface area contributed by atoms with Crippen molar-refractivity contribution < 1.29 is 9.13 Å². The third kappa shape index (κ3) is 4.97. The lowest BCUT2D eigenvalue weighted by atomic mass is 10.1. The van der Waals surface area contributed by atoms with E-state index in [0.717, 1.165) is 52.2 Å². The normalized spacial score (nSPS) is 14.9. The van der Waals surface area contributed by atoms with E-state index >= 15 is 0 Å². The van der Waals surface area contributed by atoms with Gasteiger partial charge in [0.15, 0.2) is 0 Å². The molecule has 0 unspecified atom stereocenters. The first kappa shape index (κ1) is 24.8. The number of hydrogen-bond donors (Lipinski definition) is 1. The van der Waals surface area contributed by atoms with Gasteiger partial charge in [-0.05, 0) is 74.4 Å². The topological polar surface area (TPSA) is 64.3 Å². The number of hydrogen-bond acceptors (Lipinski definition) is 5. The van der Waals surface area contributed by atoms with Crippen molar-refractivity contribution in [3.63, 3.8) is 0 Å². The number of aromatic nitrogens is 3. The van der Waals surface area contributed by atoms with E-state index in [9.17, 15) is 4.39 Å². The van der Waals surface area contributed by atoms with Crippen molar-refractivity contribution >= 4 is 45.6 Å². The second-order valence-corrected chi connectivity index (χ2v) is 10.1. The average molecular weight is 548 g/mol. The van der Waals surface area contributed by atoms with E-state index in [1.165, 1.54) is 12.1 Å². The van der Waals surface area contributed by atoms with Gasteiger partial charge in [-0.2, -0.15) is 0 Å². The first-order chi connectivity index (χ1) is 18.4. The van der Waals surface area contributed by atoms with Crippen LogP contribution in [0.25, 0.3) is 28.1 Å². The van der Waals surface area contributed by atoms with Gasteiger partial charge in [-0.1, -0.05) is 23.2 Å². The lowest BCUT2D eigenvalue weighted by molar-refractivity contribution is 0.0864. The van der Waals surface area contributed by atoms with Crippen LogP contribution in [0.15, 0.2) is 71.9 Å². The molecule has 3 aromatic rings. The third-order valence-electron chi connectivity index (χ3n) is 6.62. The molecule has 1 N–H and O–H groups in total. The Morgan fingerprint density at radius 2 is 1.84 bits per heavy atom. The maximum atomic E-state index is 14.3. The molecular weight excluding hydrogens is 524 g/mol. The van der Waals surface area contributed by atoms with Crippen LogP contribution in [-0.2, 0) is 4.74 Å². The molecule has 2 aromatic carbocycles. The summed E-state index contributed by atoms with van der Waals surface area (Å²) in [5.74, 6) is -0.361. The van der Waals surface area contributed by atoms with Crippen molar-refractivity contribution in [2.75, 3.05) is 18.5 Å². The van der Waals surface area contributed by atoms with Crippen LogP contribution in [0, 0.1) is 12.7 Å². The molecule has 0 spiro atoms. The van der Waals surface area contributed by atoms with Gasteiger partial charge in [0.25, 0.3) is 0 Å². The number of rotatable bonds is 4. The number of pyridine rings is 1. The van der Waals surface area contributed by atoms with Crippen LogP contribution in [-0.4, -0.2) is 33.8 Å². The molecule has 3 heterocycles. The van der Waals surface area contributed by atoms with Crippen molar-refractivity contribution in [1.82, 2.24) is 14.5 Å². The SMILES string of the molecule is Cc1ccc(Nc2cc3nc4cc(F)ccc4n(-c4ccc(Cl)c(Cl)c4)c-3cc2=NC2CCOCC2)cn1. The van der Waals surface area contributed by atoms with Gasteiger partial charge in [0, 0.05) is 30.7 Å². The zero-order chi connectivity index (χ0) is 26.2. The number of nitrogens with one attached hydrogen (secondary N) is 1. The highest BCUT2D eigenvalue weighted by molar-refractivity contribution is 6.42. The number of nitrogens with zero attached hydrogens (tertiary/aromatic N) is 4. The van der Waals surface area contributed by atoms with Crippen LogP contribution >= 0.6 is 23.2 Å². The molecule has 3 aliphatic rings. The van der Waals surface area contributed by atoms with Gasteiger partial charge < -0.3 is 14.6 Å². The lowest BCUT2D eigenvalue weighted by Crippen LogP contribution is -2.23. The van der Waals surface area contributed by atoms with E-state index in [-0.39, 0.29) is 11.9 Å². The second-order valence-electron chi connectivity index (χ2n) is 9.32. The van der Waals surface area contributed by atoms with Crippen LogP contribution < -0.4 is 10.7 Å². The summed E-state index contributed by atoms with van der Waals surface area (Å²) in [5, 5.41) is 5.14. The number of halogens is 3. The van der Waals surface area contributed by atoms with E-state index < -0.39 is 0 Å². The Kier molecular flexibility index (Phi) is 6.74. The number of fused-ring (bicyclic) bond motifs is 2. The molecular formula is C29H24Cl2FN5O. The van der Waals surface area contributed by atoms with Gasteiger partial charge >= 0.3 is 0 Å². The van der Waals surface area contributed by atoms with Crippen molar-refractivity contribution in [2.45, 2.75) is 25.8 Å². The second kappa shape index (κ2) is 10.3. The van der Waals surface area contributed by atoms with Crippen LogP contribution in [0.5, 0.6) is 0 Å². The Labute approximate surface area is 229 Å². The van der Waals surface area contributed by atoms with Crippen molar-refractivity contribution in [3.8, 4) is 17.1 Å². The summed E-state index contributed by atoms with van der Waals surface area (Å²) in [7, 11) is 0. The number of ether oxygens (including phenoxy) is 1. The minimum Gasteiger partial charge on any atom is -0.381 e. The summed E-state index contributed by atoms with van der Waals surface area (Å²) >= 11 is 12.6. The Balaban J connectivity index is 1.63. The summed E-state index contributed by atoms with van der Waals surface area (Å²) in [5.41, 5.74) is 6.06. The van der Waals surface area contributed by atoms with E-state index in [1.807, 2.05) is 41.8 Å². The quantitative estimate of drug-likeness (QED) is 0.243. The lowest BCUT2D eigenvalue weighted by Gasteiger charge is -2.22. The van der Waals surface area contributed by atoms with Crippen molar-refractivity contribution in [3.05, 3.63) is 93.8 Å². The molecule has 0 bridgehead atoms. The Morgan fingerprint density at radius 1 is 1.00 bits per heavy atom. The first-order valence-electron chi connectivity index (χ1n) is 12.4. The molecule has 6 nitrogen and oxygen atoms in total. The summed E-state index contributed by atoms with van der Waals surface area (Å²) in [6.45, 7) is 3.32. The molecule has 1 aliphatic carbocycles. The van der Waals surface area contributed by atoms with Gasteiger partial charge in [-0.25, -0.2) is 9.37 Å². The van der Waals surface area contributed by atoms with Gasteiger partial charge in [-0.3, -0.25) is 9.98 Å². The minimum atomic E-state index is -0.361. The Hall–Kier alpha value is -3.52. The van der Waals surface area contributed by atoms with Crippen LogP contribution in [0.1, 0.15) is 18.5 Å². The predicted octanol–water partition coefficient (Wildman–Crippen LogP) is 7.10. The van der Waals surface area contributed by atoms with E-state index in [0.29, 0.717) is 34.5 Å². The van der Waals surface area contributed by atoms with E-state index in [2.05, 4.69) is 10.3 Å². The highest BCUT2D eigenvalue weighted by atomic mass is 35.5. The van der Waals surface area contributed by atoms with Crippen molar-refractivity contribution in [2.24, 2.45) is 4.99 Å². The fourth-order valence-electron chi connectivity index (χ4n) is 4.69. The molecule has 2 aliphatic heterocycles. The zero-order valence-corrected chi connectivity index (χ0v) is 22.1. The molecule has 1 fully saturated rings. The van der Waals surface area contributed by atoms with E-state index in [1.54, 1.807) is 24.4 Å². The van der Waals surface area contributed by atoms with E-state index in [4.69, 9.17) is 37.9 Å². The predicted molar refractivity (Wildman–Crippen MR) is 149 cm³/mol. The number of aryl methyl sites for hydroxylation is 1. The molecule has 38 heavy (non-hydrogen) atoms. The fourth-order valence-corrected chi connectivity index (χ4v) is 4.98. The fraction of sp³-hybridized carbons (Fsp3) is 0.207. The maximum Gasteiger partial charge on any atom is 0.125 e. The Morgan fingerprint density at radius 3 is 2.61 bits per heavy atom. The van der Waals surface area contributed by atoms with Crippen LogP contribution in [0.3, 0.4) is 0 Å². The monoisotopic (exact) mass is 547 g/mol. The summed E-state index contributed by atoms with van der Waals surface area (Å²) in [4.78, 5) is 14.4. The average Bonchev–Trinajstić information content (AvgIpc) is 2.91. The molecule has 0 saturated carbocycles. The van der Waals surface area contributed by atoms with Gasteiger partial charge in [-0.15, -0.1) is 0 Å². The number of benzene rings is 3. The molecule has 0 atom stereocenters. The minimum absolute atomic E-state index is 0.138. The standard InChI is InChI=1S/C29H24Cl2FN5O/c1-17-2-4-20(16-33-17)35-24-14-27-29(15-25(24)34-19-8-10-38-11-9-19)37(21-5-6-22(30)23(31)13-21)28-7-3-18(32)12-26(28)36-27/h2-7,12-16,19,35H,8-11H2,1H3. The number of anilines is 2. The molecule has 1 saturated heterocycles. The highest BCUT2D eigenvalue weighted by Gasteiger charge is 2.19. The largest absolute Gasteiger partial charge is 0.381 e. The third-order valence-corrected chi connectivity index (χ3v) is 7.36. The summed E-state index contributed by atoms with van der Waals surface area (Å²) in [6, 6.07) is 18.0. The molecule has 0 radical (unpaired) electrons. The molecule has 192 valence electrons. The van der Waals surface area contributed by atoms with Crippen molar-refractivity contribution in [1.29, 1.82) is 0 Å². The summed E-state index contributed by atoms with van der Waals surface area (Å²) in [6.07, 6.45) is 3.49. The van der Waals surface area contributed by atoms with Crippen LogP contribution in [0.4, 0.5) is 15.8 Å². The highest BCUT2D eigenvalue weighted by Crippen LogP contribution is 2.33. The summed E-state index contributed by atoms with van der Waals surface area (Å²) < 4.78 is 21.8. The smallest absolute Gasteiger partial charge is 0.125 e. The van der Waals surface area contributed by atoms with Gasteiger partial charge in [0.2, 0.25) is 0 Å². The van der Waals surface area contributed by atoms with Crippen LogP contribution in [0.2, 0.25) is 10.0 Å². The Bertz CT molecular complexity index is 1680. The molecule has 0 amide bonds. The van der Waals surface area contributed by atoms with Gasteiger partial charge in [0.05, 0.1) is 61.4 Å². The maximum absolute atomic E-state index is 14.3. The first-order valence-corrected chi connectivity index (χ1v) is 13.1. The molecule has 1 aromatic heterocycles. The zero-order valence-electron chi connectivity index (χ0n) is 20.6. The molecule has 6 rings (SSSR count). The van der Waals surface area contributed by atoms with Gasteiger partial charge in [0.1, 0.15) is 5.82 Å².